The molecular weight excluding hydrogens is 376 g/mol. The van der Waals surface area contributed by atoms with Crippen LogP contribution in [0.2, 0.25) is 0 Å². The van der Waals surface area contributed by atoms with Gasteiger partial charge in [0.15, 0.2) is 0 Å². The van der Waals surface area contributed by atoms with Crippen molar-refractivity contribution in [2.24, 2.45) is 0 Å². The Hall–Kier alpha value is -2.67. The third kappa shape index (κ3) is 5.85. The fourth-order valence-corrected chi connectivity index (χ4v) is 2.22. The lowest BCUT2D eigenvalue weighted by Gasteiger charge is -2.06. The number of ether oxygens (including phenoxy) is 1. The Bertz CT molecular complexity index is 745. The third-order valence-electron chi connectivity index (χ3n) is 3.00. The summed E-state index contributed by atoms with van der Waals surface area (Å²) in [6.07, 6.45) is 2.97. The molecule has 1 amide bonds. The van der Waals surface area contributed by atoms with Crippen LogP contribution in [0.1, 0.15) is 5.56 Å². The summed E-state index contributed by atoms with van der Waals surface area (Å²) in [7, 11) is 0. The minimum absolute atomic E-state index is 0.0151. The van der Waals surface area contributed by atoms with Crippen LogP contribution in [0.3, 0.4) is 0 Å². The van der Waals surface area contributed by atoms with Crippen LogP contribution in [0.15, 0.2) is 59.1 Å². The topological polar surface area (TPSA) is 81.5 Å². The molecule has 0 unspecified atom stereocenters. The zero-order chi connectivity index (χ0) is 17.4. The van der Waals surface area contributed by atoms with Gasteiger partial charge in [-0.05, 0) is 42.0 Å². The normalized spacial score (nSPS) is 10.5. The van der Waals surface area contributed by atoms with Crippen molar-refractivity contribution in [1.29, 1.82) is 0 Å². The summed E-state index contributed by atoms with van der Waals surface area (Å²) in [5.41, 5.74) is 0.724. The van der Waals surface area contributed by atoms with Gasteiger partial charge in [0, 0.05) is 22.7 Å². The minimum atomic E-state index is -0.467. The summed E-state index contributed by atoms with van der Waals surface area (Å²) in [5.74, 6) is 0.464. The van der Waals surface area contributed by atoms with E-state index in [-0.39, 0.29) is 11.6 Å². The molecule has 1 N–H and O–H groups in total. The van der Waals surface area contributed by atoms with Crippen molar-refractivity contribution in [3.63, 3.8) is 0 Å². The third-order valence-corrected chi connectivity index (χ3v) is 3.49. The van der Waals surface area contributed by atoms with Gasteiger partial charge < -0.3 is 10.1 Å². The average Bonchev–Trinajstić information content (AvgIpc) is 2.57. The second-order valence-electron chi connectivity index (χ2n) is 4.78. The lowest BCUT2D eigenvalue weighted by molar-refractivity contribution is -0.384. The van der Waals surface area contributed by atoms with Crippen molar-refractivity contribution < 1.29 is 14.5 Å². The molecule has 0 fully saturated rings. The first kappa shape index (κ1) is 17.7. The van der Waals surface area contributed by atoms with Gasteiger partial charge in [0.2, 0.25) is 5.91 Å². The number of nitro groups is 1. The summed E-state index contributed by atoms with van der Waals surface area (Å²) in [4.78, 5) is 21.8. The molecule has 0 saturated heterocycles. The van der Waals surface area contributed by atoms with E-state index in [9.17, 15) is 14.9 Å². The summed E-state index contributed by atoms with van der Waals surface area (Å²) < 4.78 is 6.43. The highest BCUT2D eigenvalue weighted by atomic mass is 79.9. The summed E-state index contributed by atoms with van der Waals surface area (Å²) >= 11 is 3.35. The molecule has 0 heterocycles. The Morgan fingerprint density at radius 2 is 2.00 bits per heavy atom. The first-order chi connectivity index (χ1) is 11.5. The van der Waals surface area contributed by atoms with Gasteiger partial charge in [-0.25, -0.2) is 0 Å². The van der Waals surface area contributed by atoms with E-state index < -0.39 is 4.92 Å². The predicted octanol–water partition coefficient (Wildman–Crippen LogP) is 3.57. The SMILES string of the molecule is O=C(/C=C/c1ccc([N+](=O)[O-])cc1)NCCOc1cccc(Br)c1. The van der Waals surface area contributed by atoms with Crippen molar-refractivity contribution >= 4 is 33.6 Å². The van der Waals surface area contributed by atoms with Gasteiger partial charge in [-0.15, -0.1) is 0 Å². The molecule has 7 heteroatoms. The smallest absolute Gasteiger partial charge is 0.269 e. The lowest BCUT2D eigenvalue weighted by atomic mass is 10.2. The fourth-order valence-electron chi connectivity index (χ4n) is 1.84. The number of nitrogens with one attached hydrogen (secondary N) is 1. The first-order valence-corrected chi connectivity index (χ1v) is 7.92. The number of carbonyl (C=O) groups excluding carboxylic acids is 1. The summed E-state index contributed by atoms with van der Waals surface area (Å²) in [5, 5.41) is 13.3. The molecule has 0 aliphatic heterocycles. The first-order valence-electron chi connectivity index (χ1n) is 7.13. The van der Waals surface area contributed by atoms with Gasteiger partial charge in [0.05, 0.1) is 11.5 Å². The molecular formula is C17H15BrN2O4. The summed E-state index contributed by atoms with van der Waals surface area (Å²) in [6, 6.07) is 13.4. The predicted molar refractivity (Wildman–Crippen MR) is 94.8 cm³/mol. The zero-order valence-electron chi connectivity index (χ0n) is 12.6. The van der Waals surface area contributed by atoms with E-state index in [0.29, 0.717) is 18.7 Å². The fraction of sp³-hybridized carbons (Fsp3) is 0.118. The van der Waals surface area contributed by atoms with Crippen LogP contribution in [0, 0.1) is 10.1 Å². The van der Waals surface area contributed by atoms with Crippen molar-refractivity contribution in [3.05, 3.63) is 74.8 Å². The second-order valence-corrected chi connectivity index (χ2v) is 5.69. The van der Waals surface area contributed by atoms with Crippen LogP contribution in [0.25, 0.3) is 6.08 Å². The number of non-ortho nitro benzene ring substituents is 1. The Balaban J connectivity index is 1.73. The number of amides is 1. The Kier molecular flexibility index (Phi) is 6.51. The monoisotopic (exact) mass is 390 g/mol. The molecule has 0 aliphatic carbocycles. The van der Waals surface area contributed by atoms with E-state index >= 15 is 0 Å². The maximum Gasteiger partial charge on any atom is 0.269 e. The molecule has 0 atom stereocenters. The van der Waals surface area contributed by atoms with Gasteiger partial charge >= 0.3 is 0 Å². The Morgan fingerprint density at radius 3 is 2.67 bits per heavy atom. The molecule has 0 aromatic heterocycles. The Morgan fingerprint density at radius 1 is 1.25 bits per heavy atom. The average molecular weight is 391 g/mol. The maximum absolute atomic E-state index is 11.7. The molecule has 0 radical (unpaired) electrons. The molecule has 0 spiro atoms. The second kappa shape index (κ2) is 8.83. The Labute approximate surface area is 147 Å². The number of halogens is 1. The van der Waals surface area contributed by atoms with E-state index in [4.69, 9.17) is 4.74 Å². The van der Waals surface area contributed by atoms with Gasteiger partial charge in [-0.3, -0.25) is 14.9 Å². The quantitative estimate of drug-likeness (QED) is 0.339. The van der Waals surface area contributed by atoms with Crippen LogP contribution >= 0.6 is 15.9 Å². The van der Waals surface area contributed by atoms with Crippen LogP contribution in [-0.4, -0.2) is 24.0 Å². The van der Waals surface area contributed by atoms with E-state index in [1.165, 1.54) is 18.2 Å². The molecule has 6 nitrogen and oxygen atoms in total. The highest BCUT2D eigenvalue weighted by molar-refractivity contribution is 9.10. The maximum atomic E-state index is 11.7. The molecule has 2 aromatic rings. The number of carbonyl (C=O) groups is 1. The minimum Gasteiger partial charge on any atom is -0.492 e. The number of rotatable bonds is 7. The van der Waals surface area contributed by atoms with E-state index in [2.05, 4.69) is 21.2 Å². The van der Waals surface area contributed by atoms with Gasteiger partial charge in [0.1, 0.15) is 12.4 Å². The molecule has 2 rings (SSSR count). The van der Waals surface area contributed by atoms with Crippen LogP contribution < -0.4 is 10.1 Å². The van der Waals surface area contributed by atoms with Gasteiger partial charge in [0.25, 0.3) is 5.69 Å². The standard InChI is InChI=1S/C17H15BrN2O4/c18-14-2-1-3-16(12-14)24-11-10-19-17(21)9-6-13-4-7-15(8-5-13)20(22)23/h1-9,12H,10-11H2,(H,19,21)/b9-6+. The van der Waals surface area contributed by atoms with Crippen molar-refractivity contribution in [2.75, 3.05) is 13.2 Å². The number of nitrogens with zero attached hydrogens (tertiary/aromatic N) is 1. The van der Waals surface area contributed by atoms with Crippen molar-refractivity contribution in [3.8, 4) is 5.75 Å². The van der Waals surface area contributed by atoms with E-state index in [1.807, 2.05) is 24.3 Å². The molecule has 0 aliphatic rings. The largest absolute Gasteiger partial charge is 0.492 e. The number of hydrogen-bond donors (Lipinski definition) is 1. The number of benzene rings is 2. The molecule has 0 bridgehead atoms. The molecule has 124 valence electrons. The van der Waals surface area contributed by atoms with Crippen LogP contribution in [-0.2, 0) is 4.79 Å². The highest BCUT2D eigenvalue weighted by Gasteiger charge is 2.02. The lowest BCUT2D eigenvalue weighted by Crippen LogP contribution is -2.26. The van der Waals surface area contributed by atoms with Crippen LogP contribution in [0.4, 0.5) is 5.69 Å². The highest BCUT2D eigenvalue weighted by Crippen LogP contribution is 2.17. The van der Waals surface area contributed by atoms with E-state index in [0.717, 1.165) is 10.2 Å². The zero-order valence-corrected chi connectivity index (χ0v) is 14.2. The molecule has 2 aromatic carbocycles. The number of hydrogen-bond acceptors (Lipinski definition) is 4. The van der Waals surface area contributed by atoms with Crippen molar-refractivity contribution in [2.45, 2.75) is 0 Å². The molecule has 24 heavy (non-hydrogen) atoms. The summed E-state index contributed by atoms with van der Waals surface area (Å²) in [6.45, 7) is 0.726. The van der Waals surface area contributed by atoms with Gasteiger partial charge in [-0.2, -0.15) is 0 Å². The van der Waals surface area contributed by atoms with Crippen LogP contribution in [0.5, 0.6) is 5.75 Å². The van der Waals surface area contributed by atoms with Gasteiger partial charge in [-0.1, -0.05) is 22.0 Å². The molecule has 0 saturated carbocycles. The number of nitro benzene ring substituents is 1. The van der Waals surface area contributed by atoms with E-state index in [1.54, 1.807) is 18.2 Å². The van der Waals surface area contributed by atoms with Crippen molar-refractivity contribution in [1.82, 2.24) is 5.32 Å².